The van der Waals surface area contributed by atoms with Crippen molar-refractivity contribution in [3.63, 3.8) is 0 Å². The summed E-state index contributed by atoms with van der Waals surface area (Å²) >= 11 is 0. The van der Waals surface area contributed by atoms with Crippen molar-refractivity contribution < 1.29 is 0 Å². The Morgan fingerprint density at radius 1 is 1.70 bits per heavy atom. The van der Waals surface area contributed by atoms with Gasteiger partial charge in [0.05, 0.1) is 0 Å². The van der Waals surface area contributed by atoms with E-state index in [0.29, 0.717) is 5.92 Å². The second-order valence-electron chi connectivity index (χ2n) is 2.85. The summed E-state index contributed by atoms with van der Waals surface area (Å²) in [5.74, 6) is 0.588. The highest BCUT2D eigenvalue weighted by molar-refractivity contribution is 4.72. The summed E-state index contributed by atoms with van der Waals surface area (Å²) in [6.07, 6.45) is 1.91. The van der Waals surface area contributed by atoms with Gasteiger partial charge in [0.2, 0.25) is 0 Å². The molecule has 0 heterocycles. The fraction of sp³-hybridized carbons (Fsp3) is 0.750. The molecule has 0 saturated heterocycles. The van der Waals surface area contributed by atoms with E-state index in [1.54, 1.807) is 0 Å². The van der Waals surface area contributed by atoms with Crippen molar-refractivity contribution >= 4 is 0 Å². The average molecular weight is 142 g/mol. The van der Waals surface area contributed by atoms with Crippen molar-refractivity contribution in [2.24, 2.45) is 11.7 Å². The normalized spacial score (nSPS) is 13.6. The third-order valence-corrected chi connectivity index (χ3v) is 1.47. The fourth-order valence-corrected chi connectivity index (χ4v) is 0.902. The van der Waals surface area contributed by atoms with Crippen LogP contribution in [0.15, 0.2) is 12.7 Å². The van der Waals surface area contributed by atoms with Crippen LogP contribution < -0.4 is 5.73 Å². The lowest BCUT2D eigenvalue weighted by atomic mass is 10.2. The Hall–Kier alpha value is -0.340. The Bertz CT molecular complexity index is 91.3. The predicted molar refractivity (Wildman–Crippen MR) is 45.9 cm³/mol. The smallest absolute Gasteiger partial charge is 0.0157 e. The van der Waals surface area contributed by atoms with E-state index in [9.17, 15) is 0 Å². The number of hydrogen-bond donors (Lipinski definition) is 1. The van der Waals surface area contributed by atoms with Crippen molar-refractivity contribution in [3.8, 4) is 0 Å². The van der Waals surface area contributed by atoms with Gasteiger partial charge >= 0.3 is 0 Å². The van der Waals surface area contributed by atoms with Crippen molar-refractivity contribution in [2.45, 2.75) is 6.92 Å². The Morgan fingerprint density at radius 3 is 2.70 bits per heavy atom. The standard InChI is InChI=1S/C8H18N2/c1-4-5-10(3)7-8(2)6-9/h4,8H,1,5-7,9H2,2-3H3. The van der Waals surface area contributed by atoms with E-state index in [2.05, 4.69) is 25.5 Å². The topological polar surface area (TPSA) is 29.3 Å². The zero-order valence-electron chi connectivity index (χ0n) is 7.01. The number of hydrogen-bond acceptors (Lipinski definition) is 2. The van der Waals surface area contributed by atoms with Crippen LogP contribution in [0.5, 0.6) is 0 Å². The Labute approximate surface area is 63.7 Å². The zero-order chi connectivity index (χ0) is 7.98. The average Bonchev–Trinajstić information content (AvgIpc) is 1.88. The molecule has 0 rings (SSSR count). The first-order chi connectivity index (χ1) is 4.70. The second kappa shape index (κ2) is 5.45. The molecule has 0 saturated carbocycles. The predicted octanol–water partition coefficient (Wildman–Crippen LogP) is 0.699. The first-order valence-corrected chi connectivity index (χ1v) is 3.70. The van der Waals surface area contributed by atoms with Crippen LogP contribution in [0, 0.1) is 5.92 Å². The highest BCUT2D eigenvalue weighted by atomic mass is 15.1. The molecular formula is C8H18N2. The summed E-state index contributed by atoms with van der Waals surface area (Å²) in [5.41, 5.74) is 5.46. The van der Waals surface area contributed by atoms with E-state index in [1.807, 2.05) is 6.08 Å². The molecule has 0 aliphatic carbocycles. The SMILES string of the molecule is C=CCN(C)CC(C)CN. The molecule has 0 amide bonds. The quantitative estimate of drug-likeness (QED) is 0.572. The Morgan fingerprint density at radius 2 is 2.30 bits per heavy atom. The van der Waals surface area contributed by atoms with E-state index < -0.39 is 0 Å². The molecule has 0 aromatic heterocycles. The van der Waals surface area contributed by atoms with E-state index in [-0.39, 0.29) is 0 Å². The molecule has 0 radical (unpaired) electrons. The van der Waals surface area contributed by atoms with E-state index in [1.165, 1.54) is 0 Å². The van der Waals surface area contributed by atoms with Gasteiger partial charge in [-0.25, -0.2) is 0 Å². The molecule has 1 atom stereocenters. The molecule has 0 fully saturated rings. The van der Waals surface area contributed by atoms with Gasteiger partial charge in [-0.05, 0) is 19.5 Å². The lowest BCUT2D eigenvalue weighted by molar-refractivity contribution is 0.316. The van der Waals surface area contributed by atoms with Crippen LogP contribution in [-0.2, 0) is 0 Å². The molecule has 2 nitrogen and oxygen atoms in total. The van der Waals surface area contributed by atoms with Gasteiger partial charge in [-0.15, -0.1) is 6.58 Å². The molecule has 60 valence electrons. The summed E-state index contributed by atoms with van der Waals surface area (Å²) in [7, 11) is 2.08. The maximum absolute atomic E-state index is 5.46. The number of nitrogens with two attached hydrogens (primary N) is 1. The van der Waals surface area contributed by atoms with Gasteiger partial charge in [0.15, 0.2) is 0 Å². The minimum atomic E-state index is 0.588. The van der Waals surface area contributed by atoms with Gasteiger partial charge in [-0.2, -0.15) is 0 Å². The molecule has 0 bridgehead atoms. The highest BCUT2D eigenvalue weighted by Gasteiger charge is 2.01. The van der Waals surface area contributed by atoms with Crippen LogP contribution in [0.25, 0.3) is 0 Å². The molecule has 0 aliphatic heterocycles. The Balaban J connectivity index is 3.35. The van der Waals surface area contributed by atoms with Crippen LogP contribution in [0.1, 0.15) is 6.92 Å². The van der Waals surface area contributed by atoms with Gasteiger partial charge in [-0.1, -0.05) is 13.0 Å². The van der Waals surface area contributed by atoms with Crippen molar-refractivity contribution in [2.75, 3.05) is 26.7 Å². The molecule has 0 aromatic rings. The monoisotopic (exact) mass is 142 g/mol. The van der Waals surface area contributed by atoms with Crippen LogP contribution in [0.4, 0.5) is 0 Å². The molecular weight excluding hydrogens is 124 g/mol. The summed E-state index contributed by atoms with van der Waals surface area (Å²) in [5, 5.41) is 0. The highest BCUT2D eigenvalue weighted by Crippen LogP contribution is 1.94. The molecule has 0 aliphatic rings. The van der Waals surface area contributed by atoms with E-state index in [0.717, 1.165) is 19.6 Å². The number of rotatable bonds is 5. The van der Waals surface area contributed by atoms with Crippen molar-refractivity contribution in [1.82, 2.24) is 4.90 Å². The second-order valence-corrected chi connectivity index (χ2v) is 2.85. The van der Waals surface area contributed by atoms with Gasteiger partial charge in [0.1, 0.15) is 0 Å². The fourth-order valence-electron chi connectivity index (χ4n) is 0.902. The molecule has 2 heteroatoms. The lowest BCUT2D eigenvalue weighted by Gasteiger charge is -2.17. The maximum Gasteiger partial charge on any atom is 0.0157 e. The summed E-state index contributed by atoms with van der Waals surface area (Å²) in [6.45, 7) is 8.59. The number of nitrogens with zero attached hydrogens (tertiary/aromatic N) is 1. The van der Waals surface area contributed by atoms with Crippen LogP contribution in [-0.4, -0.2) is 31.6 Å². The van der Waals surface area contributed by atoms with E-state index in [4.69, 9.17) is 5.73 Å². The molecule has 1 unspecified atom stereocenters. The Kier molecular flexibility index (Phi) is 5.26. The third-order valence-electron chi connectivity index (χ3n) is 1.47. The number of likely N-dealkylation sites (N-methyl/N-ethyl adjacent to an activating group) is 1. The summed E-state index contributed by atoms with van der Waals surface area (Å²) < 4.78 is 0. The van der Waals surface area contributed by atoms with Gasteiger partial charge in [0.25, 0.3) is 0 Å². The van der Waals surface area contributed by atoms with Gasteiger partial charge < -0.3 is 10.6 Å². The van der Waals surface area contributed by atoms with Gasteiger partial charge in [-0.3, -0.25) is 0 Å². The third kappa shape index (κ3) is 4.53. The minimum Gasteiger partial charge on any atom is -0.330 e. The molecule has 0 aromatic carbocycles. The maximum atomic E-state index is 5.46. The van der Waals surface area contributed by atoms with E-state index >= 15 is 0 Å². The van der Waals surface area contributed by atoms with Gasteiger partial charge in [0, 0.05) is 13.1 Å². The summed E-state index contributed by atoms with van der Waals surface area (Å²) in [4.78, 5) is 2.21. The van der Waals surface area contributed by atoms with Crippen LogP contribution in [0.3, 0.4) is 0 Å². The summed E-state index contributed by atoms with van der Waals surface area (Å²) in [6, 6.07) is 0. The minimum absolute atomic E-state index is 0.588. The van der Waals surface area contributed by atoms with Crippen LogP contribution in [0.2, 0.25) is 0 Å². The first kappa shape index (κ1) is 9.66. The molecule has 2 N–H and O–H groups in total. The molecule has 0 spiro atoms. The largest absolute Gasteiger partial charge is 0.330 e. The van der Waals surface area contributed by atoms with Crippen molar-refractivity contribution in [3.05, 3.63) is 12.7 Å². The zero-order valence-corrected chi connectivity index (χ0v) is 7.01. The first-order valence-electron chi connectivity index (χ1n) is 3.70. The van der Waals surface area contributed by atoms with Crippen LogP contribution >= 0.6 is 0 Å². The van der Waals surface area contributed by atoms with Crippen molar-refractivity contribution in [1.29, 1.82) is 0 Å². The lowest BCUT2D eigenvalue weighted by Crippen LogP contribution is -2.28. The molecule has 10 heavy (non-hydrogen) atoms.